The molecule has 2 N–H and O–H groups in total. The second-order valence-corrected chi connectivity index (χ2v) is 4.79. The molecule has 0 saturated carbocycles. The van der Waals surface area contributed by atoms with Crippen LogP contribution >= 0.6 is 15.9 Å². The van der Waals surface area contributed by atoms with Crippen molar-refractivity contribution >= 4 is 27.6 Å². The minimum atomic E-state index is -0.345. The van der Waals surface area contributed by atoms with E-state index in [4.69, 9.17) is 10.5 Å². The molecule has 4 nitrogen and oxygen atoms in total. The fourth-order valence-electron chi connectivity index (χ4n) is 1.33. The number of benzene rings is 1. The van der Waals surface area contributed by atoms with Crippen LogP contribution in [0.25, 0.3) is 0 Å². The van der Waals surface area contributed by atoms with Gasteiger partial charge in [0.2, 0.25) is 0 Å². The van der Waals surface area contributed by atoms with Crippen LogP contribution in [-0.2, 0) is 4.74 Å². The van der Waals surface area contributed by atoms with Crippen molar-refractivity contribution in [2.24, 2.45) is 0 Å². The molecule has 5 heteroatoms. The molecule has 0 fully saturated rings. The number of carbonyl (C=O) groups is 1. The predicted molar refractivity (Wildman–Crippen MR) is 72.0 cm³/mol. The van der Waals surface area contributed by atoms with Crippen molar-refractivity contribution < 1.29 is 9.53 Å². The zero-order valence-electron chi connectivity index (χ0n) is 10.1. The van der Waals surface area contributed by atoms with Gasteiger partial charge in [-0.25, -0.2) is 4.79 Å². The van der Waals surface area contributed by atoms with Crippen molar-refractivity contribution in [1.82, 2.24) is 4.90 Å². The molecule has 0 bridgehead atoms. The number of anilines is 1. The van der Waals surface area contributed by atoms with Crippen molar-refractivity contribution in [2.45, 2.75) is 6.42 Å². The highest BCUT2D eigenvalue weighted by molar-refractivity contribution is 9.10. The maximum atomic E-state index is 11.7. The second kappa shape index (κ2) is 6.61. The Hall–Kier alpha value is -1.07. The van der Waals surface area contributed by atoms with Gasteiger partial charge >= 0.3 is 5.97 Å². The fourth-order valence-corrected chi connectivity index (χ4v) is 1.76. The van der Waals surface area contributed by atoms with Crippen molar-refractivity contribution in [3.63, 3.8) is 0 Å². The van der Waals surface area contributed by atoms with Crippen LogP contribution in [0.4, 0.5) is 5.69 Å². The van der Waals surface area contributed by atoms with E-state index in [0.717, 1.165) is 13.0 Å². The number of carbonyl (C=O) groups excluding carboxylic acids is 1. The Labute approximate surface area is 110 Å². The molecule has 0 aliphatic carbocycles. The third-order valence-electron chi connectivity index (χ3n) is 2.23. The number of ether oxygens (including phenoxy) is 1. The van der Waals surface area contributed by atoms with Crippen molar-refractivity contribution in [3.8, 4) is 0 Å². The summed E-state index contributed by atoms with van der Waals surface area (Å²) >= 11 is 3.28. The molecule has 94 valence electrons. The maximum Gasteiger partial charge on any atom is 0.339 e. The zero-order chi connectivity index (χ0) is 12.8. The molecule has 0 heterocycles. The van der Waals surface area contributed by atoms with Gasteiger partial charge in [-0.05, 0) is 48.6 Å². The van der Waals surface area contributed by atoms with E-state index in [2.05, 4.69) is 15.9 Å². The van der Waals surface area contributed by atoms with E-state index >= 15 is 0 Å². The van der Waals surface area contributed by atoms with Gasteiger partial charge in [0.25, 0.3) is 0 Å². The highest BCUT2D eigenvalue weighted by atomic mass is 79.9. The second-order valence-electron chi connectivity index (χ2n) is 4.00. The molecule has 17 heavy (non-hydrogen) atoms. The molecular weight excluding hydrogens is 284 g/mol. The minimum Gasteiger partial charge on any atom is -0.462 e. The van der Waals surface area contributed by atoms with E-state index in [1.807, 2.05) is 19.0 Å². The van der Waals surface area contributed by atoms with Gasteiger partial charge in [0.15, 0.2) is 0 Å². The lowest BCUT2D eigenvalue weighted by molar-refractivity contribution is 0.0492. The van der Waals surface area contributed by atoms with Gasteiger partial charge in [0, 0.05) is 12.2 Å². The standard InChI is InChI=1S/C12H17BrN2O2/c1-15(2)7-4-8-17-12(16)9-5-3-6-10(14)11(9)13/h3,5-6H,4,7-8,14H2,1-2H3. The zero-order valence-corrected chi connectivity index (χ0v) is 11.7. The summed E-state index contributed by atoms with van der Waals surface area (Å²) in [6, 6.07) is 5.15. The lowest BCUT2D eigenvalue weighted by atomic mass is 10.2. The fraction of sp³-hybridized carbons (Fsp3) is 0.417. The lowest BCUT2D eigenvalue weighted by Crippen LogP contribution is -2.16. The first-order valence-corrected chi connectivity index (χ1v) is 6.17. The SMILES string of the molecule is CN(C)CCCOC(=O)c1cccc(N)c1Br. The van der Waals surface area contributed by atoms with Gasteiger partial charge in [0.05, 0.1) is 16.6 Å². The largest absolute Gasteiger partial charge is 0.462 e. The molecule has 0 atom stereocenters. The topological polar surface area (TPSA) is 55.6 Å². The summed E-state index contributed by atoms with van der Waals surface area (Å²) in [6.45, 7) is 1.31. The average Bonchev–Trinajstić information content (AvgIpc) is 2.27. The quantitative estimate of drug-likeness (QED) is 0.514. The van der Waals surface area contributed by atoms with Gasteiger partial charge in [-0.2, -0.15) is 0 Å². The predicted octanol–water partition coefficient (Wildman–Crippen LogP) is 2.14. The smallest absolute Gasteiger partial charge is 0.339 e. The Balaban J connectivity index is 2.50. The average molecular weight is 301 g/mol. The summed E-state index contributed by atoms with van der Waals surface area (Å²) in [5.74, 6) is -0.345. The monoisotopic (exact) mass is 300 g/mol. The molecule has 1 aromatic rings. The van der Waals surface area contributed by atoms with Gasteiger partial charge in [-0.15, -0.1) is 0 Å². The number of nitrogen functional groups attached to an aromatic ring is 1. The normalized spacial score (nSPS) is 10.6. The van der Waals surface area contributed by atoms with Gasteiger partial charge in [-0.3, -0.25) is 0 Å². The van der Waals surface area contributed by atoms with Gasteiger partial charge in [-0.1, -0.05) is 6.07 Å². The van der Waals surface area contributed by atoms with Crippen LogP contribution in [-0.4, -0.2) is 38.1 Å². The van der Waals surface area contributed by atoms with E-state index in [0.29, 0.717) is 22.3 Å². The number of rotatable bonds is 5. The molecule has 0 saturated heterocycles. The van der Waals surface area contributed by atoms with Crippen LogP contribution in [0.5, 0.6) is 0 Å². The van der Waals surface area contributed by atoms with Crippen LogP contribution in [0.15, 0.2) is 22.7 Å². The van der Waals surface area contributed by atoms with E-state index in [-0.39, 0.29) is 5.97 Å². The molecule has 0 aliphatic rings. The number of hydrogen-bond donors (Lipinski definition) is 1. The van der Waals surface area contributed by atoms with Crippen molar-refractivity contribution in [3.05, 3.63) is 28.2 Å². The first-order chi connectivity index (χ1) is 8.02. The summed E-state index contributed by atoms with van der Waals surface area (Å²) in [4.78, 5) is 13.8. The summed E-state index contributed by atoms with van der Waals surface area (Å²) in [6.07, 6.45) is 0.818. The van der Waals surface area contributed by atoms with Crippen LogP contribution in [0, 0.1) is 0 Å². The summed E-state index contributed by atoms with van der Waals surface area (Å²) in [5, 5.41) is 0. The van der Waals surface area contributed by atoms with Crippen LogP contribution in [0.2, 0.25) is 0 Å². The lowest BCUT2D eigenvalue weighted by Gasteiger charge is -2.10. The summed E-state index contributed by atoms with van der Waals surface area (Å²) in [7, 11) is 3.96. The first-order valence-electron chi connectivity index (χ1n) is 5.38. The van der Waals surface area contributed by atoms with E-state index in [9.17, 15) is 4.79 Å². The van der Waals surface area contributed by atoms with Crippen LogP contribution in [0.1, 0.15) is 16.8 Å². The summed E-state index contributed by atoms with van der Waals surface area (Å²) < 4.78 is 5.76. The van der Waals surface area contributed by atoms with Crippen LogP contribution < -0.4 is 5.73 Å². The molecule has 1 aromatic carbocycles. The molecule has 0 aliphatic heterocycles. The van der Waals surface area contributed by atoms with E-state index in [1.165, 1.54) is 0 Å². The number of nitrogens with two attached hydrogens (primary N) is 1. The highest BCUT2D eigenvalue weighted by Crippen LogP contribution is 2.24. The number of halogens is 1. The molecule has 0 amide bonds. The van der Waals surface area contributed by atoms with E-state index in [1.54, 1.807) is 18.2 Å². The Kier molecular flexibility index (Phi) is 5.44. The number of nitrogens with zero attached hydrogens (tertiary/aromatic N) is 1. The first kappa shape index (κ1) is 14.0. The molecular formula is C12H17BrN2O2. The van der Waals surface area contributed by atoms with Crippen molar-refractivity contribution in [2.75, 3.05) is 33.0 Å². The number of esters is 1. The van der Waals surface area contributed by atoms with E-state index < -0.39 is 0 Å². The molecule has 0 unspecified atom stereocenters. The van der Waals surface area contributed by atoms with Gasteiger partial charge in [0.1, 0.15) is 0 Å². The maximum absolute atomic E-state index is 11.7. The minimum absolute atomic E-state index is 0.345. The number of hydrogen-bond acceptors (Lipinski definition) is 4. The molecule has 0 spiro atoms. The Morgan fingerprint density at radius 2 is 2.18 bits per heavy atom. The molecule has 0 aromatic heterocycles. The highest BCUT2D eigenvalue weighted by Gasteiger charge is 2.12. The summed E-state index contributed by atoms with van der Waals surface area (Å²) in [5.41, 5.74) is 6.69. The third-order valence-corrected chi connectivity index (χ3v) is 3.12. The van der Waals surface area contributed by atoms with Crippen LogP contribution in [0.3, 0.4) is 0 Å². The Morgan fingerprint density at radius 1 is 1.47 bits per heavy atom. The molecule has 1 rings (SSSR count). The third kappa shape index (κ3) is 4.36. The van der Waals surface area contributed by atoms with Gasteiger partial charge < -0.3 is 15.4 Å². The Morgan fingerprint density at radius 3 is 2.82 bits per heavy atom. The Bertz CT molecular complexity index is 394. The van der Waals surface area contributed by atoms with Crippen molar-refractivity contribution in [1.29, 1.82) is 0 Å². The molecule has 0 radical (unpaired) electrons.